The highest BCUT2D eigenvalue weighted by Gasteiger charge is 2.21. The second-order valence-corrected chi connectivity index (χ2v) is 7.25. The third-order valence-electron chi connectivity index (χ3n) is 5.40. The smallest absolute Gasteiger partial charge is 0.275 e. The van der Waals surface area contributed by atoms with Crippen LogP contribution in [0.1, 0.15) is 33.8 Å². The zero-order chi connectivity index (χ0) is 19.5. The van der Waals surface area contributed by atoms with Gasteiger partial charge in [0.25, 0.3) is 5.91 Å². The van der Waals surface area contributed by atoms with Gasteiger partial charge in [-0.2, -0.15) is 0 Å². The van der Waals surface area contributed by atoms with E-state index in [2.05, 4.69) is 58.4 Å². The number of amides is 1. The number of benzene rings is 2. The van der Waals surface area contributed by atoms with Crippen LogP contribution in [0.5, 0.6) is 0 Å². The molecule has 0 bridgehead atoms. The summed E-state index contributed by atoms with van der Waals surface area (Å²) >= 11 is 0. The fourth-order valence-electron chi connectivity index (χ4n) is 3.87. The van der Waals surface area contributed by atoms with Crippen molar-refractivity contribution in [2.75, 3.05) is 25.0 Å². The number of aryl methyl sites for hydroxylation is 3. The highest BCUT2D eigenvalue weighted by Crippen LogP contribution is 2.35. The van der Waals surface area contributed by atoms with Crippen LogP contribution in [0.4, 0.5) is 11.4 Å². The minimum absolute atomic E-state index is 0.0945. The zero-order valence-corrected chi connectivity index (χ0v) is 16.4. The largest absolute Gasteiger partial charge is 0.448 e. The lowest BCUT2D eigenvalue weighted by Crippen LogP contribution is -2.31. The molecule has 0 fully saturated rings. The van der Waals surface area contributed by atoms with Crippen molar-refractivity contribution >= 4 is 17.3 Å². The van der Waals surface area contributed by atoms with Crippen molar-refractivity contribution in [2.24, 2.45) is 0 Å². The molecule has 0 spiro atoms. The Morgan fingerprint density at radius 2 is 1.68 bits per heavy atom. The standard InChI is InChI=1S/C23H25N3O2/c1-17-22(24-16-28-17)23(27)25(2)14-7-15-26-20-10-5-3-8-18(20)12-13-19-9-4-6-11-21(19)26/h3-6,8-11,16H,7,12-15H2,1-2H3. The molecule has 2 heterocycles. The van der Waals surface area contributed by atoms with E-state index < -0.39 is 0 Å². The molecule has 0 atom stereocenters. The lowest BCUT2D eigenvalue weighted by Gasteiger charge is -2.28. The first-order chi connectivity index (χ1) is 13.6. The maximum absolute atomic E-state index is 12.6. The molecule has 144 valence electrons. The van der Waals surface area contributed by atoms with Gasteiger partial charge in [-0.3, -0.25) is 4.79 Å². The Balaban J connectivity index is 1.50. The molecule has 0 saturated carbocycles. The molecule has 0 N–H and O–H groups in total. The van der Waals surface area contributed by atoms with E-state index in [-0.39, 0.29) is 5.91 Å². The average Bonchev–Trinajstić information content (AvgIpc) is 3.08. The fourth-order valence-corrected chi connectivity index (χ4v) is 3.87. The number of anilines is 2. The van der Waals surface area contributed by atoms with Crippen molar-refractivity contribution in [3.63, 3.8) is 0 Å². The normalized spacial score (nSPS) is 12.9. The van der Waals surface area contributed by atoms with Crippen molar-refractivity contribution in [3.8, 4) is 0 Å². The SMILES string of the molecule is Cc1ocnc1C(=O)N(C)CCCN1c2ccccc2CCc2ccccc21. The summed E-state index contributed by atoms with van der Waals surface area (Å²) in [4.78, 5) is 20.7. The summed E-state index contributed by atoms with van der Waals surface area (Å²) in [6, 6.07) is 17.3. The van der Waals surface area contributed by atoms with Crippen molar-refractivity contribution in [1.82, 2.24) is 9.88 Å². The summed E-state index contributed by atoms with van der Waals surface area (Å²) < 4.78 is 5.16. The lowest BCUT2D eigenvalue weighted by molar-refractivity contribution is 0.0787. The molecule has 28 heavy (non-hydrogen) atoms. The summed E-state index contributed by atoms with van der Waals surface area (Å²) in [7, 11) is 1.82. The van der Waals surface area contributed by atoms with Gasteiger partial charge >= 0.3 is 0 Å². The number of para-hydroxylation sites is 2. The van der Waals surface area contributed by atoms with Crippen LogP contribution in [0.3, 0.4) is 0 Å². The first kappa shape index (κ1) is 18.3. The van der Waals surface area contributed by atoms with E-state index in [1.165, 1.54) is 28.9 Å². The number of rotatable bonds is 5. The monoisotopic (exact) mass is 375 g/mol. The Hall–Kier alpha value is -3.08. The van der Waals surface area contributed by atoms with Gasteiger partial charge in [0.1, 0.15) is 5.76 Å². The third-order valence-corrected chi connectivity index (χ3v) is 5.40. The van der Waals surface area contributed by atoms with Gasteiger partial charge in [0.2, 0.25) is 0 Å². The van der Waals surface area contributed by atoms with Crippen molar-refractivity contribution < 1.29 is 9.21 Å². The number of oxazole rings is 1. The quantitative estimate of drug-likeness (QED) is 0.664. The second kappa shape index (κ2) is 7.89. The van der Waals surface area contributed by atoms with E-state index in [0.717, 1.165) is 25.8 Å². The summed E-state index contributed by atoms with van der Waals surface area (Å²) in [5.74, 6) is 0.468. The van der Waals surface area contributed by atoms with Gasteiger partial charge in [-0.1, -0.05) is 36.4 Å². The molecule has 5 nitrogen and oxygen atoms in total. The highest BCUT2D eigenvalue weighted by atomic mass is 16.3. The second-order valence-electron chi connectivity index (χ2n) is 7.25. The van der Waals surface area contributed by atoms with Crippen molar-refractivity contribution in [3.05, 3.63) is 77.5 Å². The first-order valence-corrected chi connectivity index (χ1v) is 9.74. The van der Waals surface area contributed by atoms with Crippen LogP contribution >= 0.6 is 0 Å². The van der Waals surface area contributed by atoms with Gasteiger partial charge in [-0.05, 0) is 49.4 Å². The van der Waals surface area contributed by atoms with Crippen LogP contribution in [0.15, 0.2) is 59.3 Å². The average molecular weight is 375 g/mol. The third kappa shape index (κ3) is 3.52. The van der Waals surface area contributed by atoms with Crippen LogP contribution in [0, 0.1) is 6.92 Å². The molecule has 2 aromatic carbocycles. The Kier molecular flexibility index (Phi) is 5.15. The number of carbonyl (C=O) groups excluding carboxylic acids is 1. The van der Waals surface area contributed by atoms with Gasteiger partial charge in [0.15, 0.2) is 12.1 Å². The molecule has 0 unspecified atom stereocenters. The molecule has 0 radical (unpaired) electrons. The minimum atomic E-state index is -0.0945. The van der Waals surface area contributed by atoms with E-state index in [1.54, 1.807) is 11.8 Å². The number of nitrogens with zero attached hydrogens (tertiary/aromatic N) is 3. The van der Waals surface area contributed by atoms with Crippen LogP contribution < -0.4 is 4.90 Å². The number of fused-ring (bicyclic) bond motifs is 2. The number of hydrogen-bond donors (Lipinski definition) is 0. The summed E-state index contributed by atoms with van der Waals surface area (Å²) in [5.41, 5.74) is 5.69. The molecule has 1 amide bonds. The van der Waals surface area contributed by atoms with Gasteiger partial charge in [0, 0.05) is 31.5 Å². The maximum Gasteiger partial charge on any atom is 0.275 e. The molecule has 0 saturated heterocycles. The summed E-state index contributed by atoms with van der Waals surface area (Å²) in [5, 5.41) is 0. The van der Waals surface area contributed by atoms with E-state index in [9.17, 15) is 4.79 Å². The zero-order valence-electron chi connectivity index (χ0n) is 16.4. The molecule has 1 aliphatic heterocycles. The van der Waals surface area contributed by atoms with Crippen LogP contribution in [-0.2, 0) is 12.8 Å². The molecular weight excluding hydrogens is 350 g/mol. The Bertz CT molecular complexity index is 932. The van der Waals surface area contributed by atoms with Gasteiger partial charge in [-0.15, -0.1) is 0 Å². The number of aromatic nitrogens is 1. The Morgan fingerprint density at radius 1 is 1.07 bits per heavy atom. The van der Waals surface area contributed by atoms with Crippen LogP contribution in [-0.4, -0.2) is 35.9 Å². The van der Waals surface area contributed by atoms with E-state index in [0.29, 0.717) is 18.0 Å². The molecule has 1 aromatic heterocycles. The molecule has 0 aliphatic carbocycles. The molecule has 4 rings (SSSR count). The predicted molar refractivity (Wildman–Crippen MR) is 110 cm³/mol. The Morgan fingerprint density at radius 3 is 2.25 bits per heavy atom. The molecule has 1 aliphatic rings. The molecular formula is C23H25N3O2. The number of carbonyl (C=O) groups is 1. The topological polar surface area (TPSA) is 49.6 Å². The van der Waals surface area contributed by atoms with E-state index >= 15 is 0 Å². The molecule has 3 aromatic rings. The van der Waals surface area contributed by atoms with Gasteiger partial charge < -0.3 is 14.2 Å². The predicted octanol–water partition coefficient (Wildman–Crippen LogP) is 4.38. The summed E-state index contributed by atoms with van der Waals surface area (Å²) in [6.07, 6.45) is 4.28. The van der Waals surface area contributed by atoms with Crippen LogP contribution in [0.2, 0.25) is 0 Å². The molecule has 5 heteroatoms. The maximum atomic E-state index is 12.6. The van der Waals surface area contributed by atoms with Crippen molar-refractivity contribution in [1.29, 1.82) is 0 Å². The lowest BCUT2D eigenvalue weighted by atomic mass is 10.0. The highest BCUT2D eigenvalue weighted by molar-refractivity contribution is 5.92. The minimum Gasteiger partial charge on any atom is -0.448 e. The van der Waals surface area contributed by atoms with E-state index in [4.69, 9.17) is 4.42 Å². The fraction of sp³-hybridized carbons (Fsp3) is 0.304. The Labute approximate surface area is 165 Å². The first-order valence-electron chi connectivity index (χ1n) is 9.74. The van der Waals surface area contributed by atoms with E-state index in [1.807, 2.05) is 7.05 Å². The van der Waals surface area contributed by atoms with Gasteiger partial charge in [-0.25, -0.2) is 4.98 Å². The van der Waals surface area contributed by atoms with Gasteiger partial charge in [0.05, 0.1) is 0 Å². The number of hydrogen-bond acceptors (Lipinski definition) is 4. The summed E-state index contributed by atoms with van der Waals surface area (Å²) in [6.45, 7) is 3.27. The van der Waals surface area contributed by atoms with Crippen molar-refractivity contribution in [2.45, 2.75) is 26.2 Å². The van der Waals surface area contributed by atoms with Crippen LogP contribution in [0.25, 0.3) is 0 Å².